The number of sulfonamides is 1. The Morgan fingerprint density at radius 1 is 0.867 bits per heavy atom. The van der Waals surface area contributed by atoms with Crippen molar-refractivity contribution in [3.8, 4) is 0 Å². The van der Waals surface area contributed by atoms with E-state index in [1.165, 1.54) is 29.5 Å². The van der Waals surface area contributed by atoms with Crippen molar-refractivity contribution in [2.45, 2.75) is 30.6 Å². The van der Waals surface area contributed by atoms with E-state index in [2.05, 4.69) is 10.0 Å². The van der Waals surface area contributed by atoms with E-state index in [9.17, 15) is 13.2 Å². The first-order valence-corrected chi connectivity index (χ1v) is 11.9. The molecule has 0 fully saturated rings. The van der Waals surface area contributed by atoms with Gasteiger partial charge < -0.3 is 5.32 Å². The van der Waals surface area contributed by atoms with Crippen LogP contribution in [0.4, 0.5) is 11.4 Å². The molecule has 0 aromatic heterocycles. The van der Waals surface area contributed by atoms with Gasteiger partial charge >= 0.3 is 0 Å². The molecule has 0 unspecified atom stereocenters. The zero-order valence-corrected chi connectivity index (χ0v) is 18.7. The fourth-order valence-corrected chi connectivity index (χ4v) is 4.57. The molecule has 0 atom stereocenters. The van der Waals surface area contributed by atoms with Crippen LogP contribution in [0.25, 0.3) is 0 Å². The highest BCUT2D eigenvalue weighted by Crippen LogP contribution is 2.23. The second-order valence-corrected chi connectivity index (χ2v) is 9.83. The molecule has 1 amide bonds. The maximum absolute atomic E-state index is 12.7. The van der Waals surface area contributed by atoms with Gasteiger partial charge in [-0.2, -0.15) is 0 Å². The number of benzene rings is 3. The zero-order valence-electron chi connectivity index (χ0n) is 17.1. The predicted molar refractivity (Wildman–Crippen MR) is 124 cm³/mol. The molecule has 0 spiro atoms. The molecular weight excluding hydrogens is 416 g/mol. The molecule has 3 aromatic rings. The maximum atomic E-state index is 12.7. The van der Waals surface area contributed by atoms with Crippen LogP contribution in [0, 0.1) is 20.8 Å². The van der Waals surface area contributed by atoms with Crippen molar-refractivity contribution in [2.75, 3.05) is 15.8 Å². The molecular formula is C23H24N2O3S2. The third kappa shape index (κ3) is 5.87. The Hall–Kier alpha value is -2.77. The van der Waals surface area contributed by atoms with Crippen molar-refractivity contribution in [1.29, 1.82) is 0 Å². The molecule has 0 radical (unpaired) electrons. The van der Waals surface area contributed by atoms with Gasteiger partial charge in [0, 0.05) is 10.6 Å². The van der Waals surface area contributed by atoms with Gasteiger partial charge in [0.05, 0.1) is 16.3 Å². The molecule has 0 aliphatic carbocycles. The standard InChI is InChI=1S/C23H24N2O3S2/c1-16-5-10-20(11-6-16)29-15-23(26)24-19-8-12-21(13-9-19)30(27,28)25-22-14-17(2)4-7-18(22)3/h4-14,25H,15H2,1-3H3,(H,24,26). The average molecular weight is 441 g/mol. The van der Waals surface area contributed by atoms with Gasteiger partial charge in [0.1, 0.15) is 0 Å². The van der Waals surface area contributed by atoms with Crippen LogP contribution in [0.1, 0.15) is 16.7 Å². The SMILES string of the molecule is Cc1ccc(SCC(=O)Nc2ccc(S(=O)(=O)Nc3cc(C)ccc3C)cc2)cc1. The summed E-state index contributed by atoms with van der Waals surface area (Å²) < 4.78 is 28.0. The normalized spacial score (nSPS) is 11.2. The van der Waals surface area contributed by atoms with E-state index in [0.717, 1.165) is 16.0 Å². The van der Waals surface area contributed by atoms with Crippen molar-refractivity contribution < 1.29 is 13.2 Å². The van der Waals surface area contributed by atoms with Gasteiger partial charge in [0.25, 0.3) is 10.0 Å². The largest absolute Gasteiger partial charge is 0.325 e. The quantitative estimate of drug-likeness (QED) is 0.499. The highest BCUT2D eigenvalue weighted by molar-refractivity contribution is 8.00. The summed E-state index contributed by atoms with van der Waals surface area (Å²) in [6.45, 7) is 5.78. The Bertz CT molecular complexity index is 1140. The molecule has 156 valence electrons. The topological polar surface area (TPSA) is 75.3 Å². The minimum absolute atomic E-state index is 0.135. The first kappa shape index (κ1) is 21.9. The summed E-state index contributed by atoms with van der Waals surface area (Å²) in [6, 6.07) is 19.7. The van der Waals surface area contributed by atoms with Gasteiger partial charge in [-0.3, -0.25) is 9.52 Å². The lowest BCUT2D eigenvalue weighted by molar-refractivity contribution is -0.113. The second kappa shape index (κ2) is 9.36. The molecule has 0 saturated carbocycles. The lowest BCUT2D eigenvalue weighted by atomic mass is 10.1. The molecule has 0 aliphatic rings. The van der Waals surface area contributed by atoms with Crippen LogP contribution in [0.3, 0.4) is 0 Å². The van der Waals surface area contributed by atoms with Gasteiger partial charge in [0.15, 0.2) is 0 Å². The number of carbonyl (C=O) groups is 1. The molecule has 0 aliphatic heterocycles. The van der Waals surface area contributed by atoms with E-state index in [1.807, 2.05) is 57.2 Å². The van der Waals surface area contributed by atoms with E-state index in [1.54, 1.807) is 18.2 Å². The summed E-state index contributed by atoms with van der Waals surface area (Å²) >= 11 is 1.45. The molecule has 0 heterocycles. The van der Waals surface area contributed by atoms with E-state index >= 15 is 0 Å². The fraction of sp³-hybridized carbons (Fsp3) is 0.174. The Morgan fingerprint density at radius 3 is 2.17 bits per heavy atom. The van der Waals surface area contributed by atoms with Gasteiger partial charge in [0.2, 0.25) is 5.91 Å². The number of amides is 1. The van der Waals surface area contributed by atoms with E-state index in [0.29, 0.717) is 11.4 Å². The lowest BCUT2D eigenvalue weighted by Gasteiger charge is -2.12. The summed E-state index contributed by atoms with van der Waals surface area (Å²) in [5.74, 6) is 0.127. The number of anilines is 2. The van der Waals surface area contributed by atoms with Gasteiger partial charge in [-0.1, -0.05) is 29.8 Å². The minimum atomic E-state index is -3.71. The Labute approximate surface area is 182 Å². The average Bonchev–Trinajstić information content (AvgIpc) is 2.70. The molecule has 7 heteroatoms. The highest BCUT2D eigenvalue weighted by Gasteiger charge is 2.15. The predicted octanol–water partition coefficient (Wildman–Crippen LogP) is 5.14. The molecule has 30 heavy (non-hydrogen) atoms. The van der Waals surface area contributed by atoms with Crippen LogP contribution in [-0.4, -0.2) is 20.1 Å². The Balaban J connectivity index is 1.61. The summed E-state index contributed by atoms with van der Waals surface area (Å²) in [5, 5.41) is 2.79. The number of nitrogens with one attached hydrogen (secondary N) is 2. The van der Waals surface area contributed by atoms with Crippen LogP contribution < -0.4 is 10.0 Å². The number of hydrogen-bond acceptors (Lipinski definition) is 4. The van der Waals surface area contributed by atoms with Crippen LogP contribution in [0.5, 0.6) is 0 Å². The summed E-state index contributed by atoms with van der Waals surface area (Å²) in [4.78, 5) is 13.3. The summed E-state index contributed by atoms with van der Waals surface area (Å²) in [5.41, 5.74) is 4.10. The number of thioether (sulfide) groups is 1. The third-order valence-electron chi connectivity index (χ3n) is 4.48. The number of aryl methyl sites for hydroxylation is 3. The molecule has 0 bridgehead atoms. The van der Waals surface area contributed by atoms with Crippen molar-refractivity contribution >= 4 is 39.1 Å². The van der Waals surface area contributed by atoms with Crippen LogP contribution in [-0.2, 0) is 14.8 Å². The zero-order chi connectivity index (χ0) is 21.7. The molecule has 5 nitrogen and oxygen atoms in total. The lowest BCUT2D eigenvalue weighted by Crippen LogP contribution is -2.15. The third-order valence-corrected chi connectivity index (χ3v) is 6.87. The molecule has 0 saturated heterocycles. The van der Waals surface area contributed by atoms with Crippen molar-refractivity contribution in [3.63, 3.8) is 0 Å². The van der Waals surface area contributed by atoms with Crippen molar-refractivity contribution in [2.24, 2.45) is 0 Å². The number of hydrogen-bond donors (Lipinski definition) is 2. The van der Waals surface area contributed by atoms with Crippen LogP contribution >= 0.6 is 11.8 Å². The van der Waals surface area contributed by atoms with Crippen molar-refractivity contribution in [3.05, 3.63) is 83.4 Å². The van der Waals surface area contributed by atoms with E-state index in [-0.39, 0.29) is 16.6 Å². The maximum Gasteiger partial charge on any atom is 0.261 e. The van der Waals surface area contributed by atoms with Crippen molar-refractivity contribution in [1.82, 2.24) is 0 Å². The molecule has 3 rings (SSSR count). The van der Waals surface area contributed by atoms with Gasteiger partial charge in [-0.25, -0.2) is 8.42 Å². The first-order chi connectivity index (χ1) is 14.2. The second-order valence-electron chi connectivity index (χ2n) is 7.10. The minimum Gasteiger partial charge on any atom is -0.325 e. The summed E-state index contributed by atoms with van der Waals surface area (Å²) in [7, 11) is -3.71. The summed E-state index contributed by atoms with van der Waals surface area (Å²) in [6.07, 6.45) is 0. The number of rotatable bonds is 7. The molecule has 3 aromatic carbocycles. The molecule has 2 N–H and O–H groups in total. The van der Waals surface area contributed by atoms with Crippen LogP contribution in [0.2, 0.25) is 0 Å². The smallest absolute Gasteiger partial charge is 0.261 e. The van der Waals surface area contributed by atoms with Gasteiger partial charge in [-0.15, -0.1) is 11.8 Å². The fourth-order valence-electron chi connectivity index (χ4n) is 2.75. The van der Waals surface area contributed by atoms with Gasteiger partial charge in [-0.05, 0) is 74.4 Å². The van der Waals surface area contributed by atoms with E-state index in [4.69, 9.17) is 0 Å². The Morgan fingerprint density at radius 2 is 1.50 bits per heavy atom. The van der Waals surface area contributed by atoms with E-state index < -0.39 is 10.0 Å². The Kier molecular flexibility index (Phi) is 6.84. The monoisotopic (exact) mass is 440 g/mol. The number of carbonyl (C=O) groups excluding carboxylic acids is 1. The first-order valence-electron chi connectivity index (χ1n) is 9.42. The van der Waals surface area contributed by atoms with Crippen LogP contribution in [0.15, 0.2) is 76.5 Å². The highest BCUT2D eigenvalue weighted by atomic mass is 32.2.